The number of hydrogen-bond donors (Lipinski definition) is 2. The lowest BCUT2D eigenvalue weighted by Gasteiger charge is -2.15. The van der Waals surface area contributed by atoms with Crippen molar-refractivity contribution in [1.82, 2.24) is 5.16 Å². The normalized spacial score (nSPS) is 12.2. The van der Waals surface area contributed by atoms with Gasteiger partial charge in [0.2, 0.25) is 5.91 Å². The number of amides is 1. The first kappa shape index (κ1) is 17.8. The lowest BCUT2D eigenvalue weighted by molar-refractivity contribution is -0.118. The topological polar surface area (TPSA) is 81.2 Å². The highest BCUT2D eigenvalue weighted by Gasteiger charge is 2.17. The Labute approximate surface area is 151 Å². The molecule has 3 N–H and O–H groups in total. The van der Waals surface area contributed by atoms with Crippen molar-refractivity contribution < 1.29 is 13.7 Å². The van der Waals surface area contributed by atoms with E-state index in [1.807, 2.05) is 26.0 Å². The fourth-order valence-corrected chi connectivity index (χ4v) is 2.44. The van der Waals surface area contributed by atoms with Crippen LogP contribution < -0.4 is 11.1 Å². The molecule has 0 radical (unpaired) electrons. The summed E-state index contributed by atoms with van der Waals surface area (Å²) in [5.41, 5.74) is 8.56. The summed E-state index contributed by atoms with van der Waals surface area (Å²) in [6.45, 7) is 3.79. The second kappa shape index (κ2) is 7.49. The summed E-state index contributed by atoms with van der Waals surface area (Å²) in [4.78, 5) is 12.0. The fourth-order valence-electron chi connectivity index (χ4n) is 2.44. The van der Waals surface area contributed by atoms with E-state index in [1.54, 1.807) is 30.3 Å². The number of nitrogens with zero attached hydrogens (tertiary/aromatic N) is 1. The summed E-state index contributed by atoms with van der Waals surface area (Å²) in [5, 5.41) is 6.82. The van der Waals surface area contributed by atoms with E-state index in [4.69, 9.17) is 10.3 Å². The van der Waals surface area contributed by atoms with Crippen molar-refractivity contribution in [2.75, 3.05) is 5.32 Å². The van der Waals surface area contributed by atoms with Gasteiger partial charge in [-0.15, -0.1) is 0 Å². The third kappa shape index (κ3) is 3.97. The van der Waals surface area contributed by atoms with Gasteiger partial charge in [0.1, 0.15) is 11.5 Å². The number of anilines is 1. The minimum Gasteiger partial charge on any atom is -0.356 e. The number of halogens is 1. The second-order valence-corrected chi connectivity index (χ2v) is 6.42. The molecule has 1 amide bonds. The molecule has 6 heteroatoms. The van der Waals surface area contributed by atoms with Crippen LogP contribution in [0.3, 0.4) is 0 Å². The number of rotatable bonds is 5. The Morgan fingerprint density at radius 2 is 1.85 bits per heavy atom. The summed E-state index contributed by atoms with van der Waals surface area (Å²) >= 11 is 0. The molecule has 0 unspecified atom stereocenters. The van der Waals surface area contributed by atoms with Crippen LogP contribution in [0.15, 0.2) is 59.1 Å². The Morgan fingerprint density at radius 1 is 1.12 bits per heavy atom. The molecule has 0 fully saturated rings. The zero-order valence-electron chi connectivity index (χ0n) is 14.6. The lowest BCUT2D eigenvalue weighted by atomic mass is 10.0. The van der Waals surface area contributed by atoms with Crippen LogP contribution in [-0.4, -0.2) is 17.1 Å². The Hall–Kier alpha value is -2.99. The summed E-state index contributed by atoms with van der Waals surface area (Å²) in [7, 11) is 0. The number of nitrogens with two attached hydrogens (primary N) is 1. The molecular formula is C20H20FN3O2. The minimum absolute atomic E-state index is 0.0608. The van der Waals surface area contributed by atoms with E-state index in [0.29, 0.717) is 22.7 Å². The SMILES string of the molecule is CC(C)[C@H](N)C(=O)Nc1ccc(-c2cc(-c3cccc(F)c3)on2)cc1. The number of carbonyl (C=O) groups excluding carboxylic acids is 1. The van der Waals surface area contributed by atoms with Gasteiger partial charge in [0.05, 0.1) is 6.04 Å². The van der Waals surface area contributed by atoms with Crippen LogP contribution >= 0.6 is 0 Å². The van der Waals surface area contributed by atoms with E-state index < -0.39 is 6.04 Å². The molecule has 3 rings (SSSR count). The molecule has 5 nitrogen and oxygen atoms in total. The summed E-state index contributed by atoms with van der Waals surface area (Å²) < 4.78 is 18.6. The molecule has 0 aliphatic rings. The van der Waals surface area contributed by atoms with E-state index >= 15 is 0 Å². The van der Waals surface area contributed by atoms with Gasteiger partial charge in [-0.25, -0.2) is 4.39 Å². The molecule has 1 atom stereocenters. The molecule has 134 valence electrons. The Balaban J connectivity index is 1.74. The maximum atomic E-state index is 13.3. The highest BCUT2D eigenvalue weighted by molar-refractivity contribution is 5.95. The van der Waals surface area contributed by atoms with Crippen LogP contribution in [0.25, 0.3) is 22.6 Å². The molecule has 0 aliphatic heterocycles. The fraction of sp³-hybridized carbons (Fsp3) is 0.200. The van der Waals surface area contributed by atoms with Crippen LogP contribution in [0.5, 0.6) is 0 Å². The summed E-state index contributed by atoms with van der Waals surface area (Å²) in [6, 6.07) is 14.5. The molecule has 1 aromatic heterocycles. The predicted molar refractivity (Wildman–Crippen MR) is 98.8 cm³/mol. The van der Waals surface area contributed by atoms with Crippen molar-refractivity contribution in [3.05, 3.63) is 60.4 Å². The van der Waals surface area contributed by atoms with Crippen molar-refractivity contribution in [3.8, 4) is 22.6 Å². The van der Waals surface area contributed by atoms with Crippen molar-refractivity contribution in [2.24, 2.45) is 11.7 Å². The zero-order valence-corrected chi connectivity index (χ0v) is 14.6. The maximum Gasteiger partial charge on any atom is 0.241 e. The van der Waals surface area contributed by atoms with Crippen molar-refractivity contribution in [1.29, 1.82) is 0 Å². The maximum absolute atomic E-state index is 13.3. The van der Waals surface area contributed by atoms with E-state index in [9.17, 15) is 9.18 Å². The summed E-state index contributed by atoms with van der Waals surface area (Å²) in [5.74, 6) is -0.00633. The predicted octanol–water partition coefficient (Wildman–Crippen LogP) is 4.07. The van der Waals surface area contributed by atoms with E-state index in [0.717, 1.165) is 5.56 Å². The molecule has 0 spiro atoms. The van der Waals surface area contributed by atoms with Gasteiger partial charge in [0.15, 0.2) is 5.76 Å². The van der Waals surface area contributed by atoms with E-state index in [2.05, 4.69) is 10.5 Å². The van der Waals surface area contributed by atoms with E-state index in [1.165, 1.54) is 12.1 Å². The molecule has 2 aromatic carbocycles. The van der Waals surface area contributed by atoms with Crippen molar-refractivity contribution in [3.63, 3.8) is 0 Å². The quantitative estimate of drug-likeness (QED) is 0.724. The van der Waals surface area contributed by atoms with Crippen LogP contribution in [0.1, 0.15) is 13.8 Å². The minimum atomic E-state index is -0.556. The third-order valence-corrected chi connectivity index (χ3v) is 4.09. The van der Waals surface area contributed by atoms with Crippen molar-refractivity contribution in [2.45, 2.75) is 19.9 Å². The first-order valence-corrected chi connectivity index (χ1v) is 8.33. The highest BCUT2D eigenvalue weighted by Crippen LogP contribution is 2.27. The summed E-state index contributed by atoms with van der Waals surface area (Å²) in [6.07, 6.45) is 0. The first-order valence-electron chi connectivity index (χ1n) is 8.33. The van der Waals surface area contributed by atoms with Gasteiger partial charge in [-0.05, 0) is 30.2 Å². The standard InChI is InChI=1S/C20H20FN3O2/c1-12(2)19(22)20(25)23-16-8-6-13(7-9-16)17-11-18(26-24-17)14-4-3-5-15(21)10-14/h3-12,19H,22H2,1-2H3,(H,23,25)/t19-/m0/s1. The number of carbonyl (C=O) groups is 1. The number of aromatic nitrogens is 1. The van der Waals surface area contributed by atoms with Crippen LogP contribution in [0, 0.1) is 11.7 Å². The van der Waals surface area contributed by atoms with Gasteiger partial charge >= 0.3 is 0 Å². The van der Waals surface area contributed by atoms with Gasteiger partial charge in [0, 0.05) is 22.9 Å². The molecule has 1 heterocycles. The molecule has 0 saturated heterocycles. The lowest BCUT2D eigenvalue weighted by Crippen LogP contribution is -2.39. The molecule has 0 bridgehead atoms. The van der Waals surface area contributed by atoms with Gasteiger partial charge in [-0.2, -0.15) is 0 Å². The number of benzene rings is 2. The van der Waals surface area contributed by atoms with Gasteiger partial charge in [-0.3, -0.25) is 4.79 Å². The Morgan fingerprint density at radius 3 is 2.50 bits per heavy atom. The average Bonchev–Trinajstić information content (AvgIpc) is 3.11. The van der Waals surface area contributed by atoms with Gasteiger partial charge in [0.25, 0.3) is 0 Å². The van der Waals surface area contributed by atoms with Gasteiger partial charge in [-0.1, -0.05) is 43.3 Å². The number of nitrogens with one attached hydrogen (secondary N) is 1. The van der Waals surface area contributed by atoms with Gasteiger partial charge < -0.3 is 15.6 Å². The molecular weight excluding hydrogens is 333 g/mol. The van der Waals surface area contributed by atoms with Crippen LogP contribution in [0.4, 0.5) is 10.1 Å². The molecule has 26 heavy (non-hydrogen) atoms. The molecule has 0 saturated carbocycles. The zero-order chi connectivity index (χ0) is 18.7. The highest BCUT2D eigenvalue weighted by atomic mass is 19.1. The van der Waals surface area contributed by atoms with Crippen LogP contribution in [-0.2, 0) is 4.79 Å². The van der Waals surface area contributed by atoms with Crippen LogP contribution in [0.2, 0.25) is 0 Å². The molecule has 3 aromatic rings. The molecule has 0 aliphatic carbocycles. The average molecular weight is 353 g/mol. The Kier molecular flexibility index (Phi) is 5.14. The van der Waals surface area contributed by atoms with Crippen molar-refractivity contribution >= 4 is 11.6 Å². The third-order valence-electron chi connectivity index (χ3n) is 4.09. The monoisotopic (exact) mass is 353 g/mol. The second-order valence-electron chi connectivity index (χ2n) is 6.42. The first-order chi connectivity index (χ1) is 12.4. The Bertz CT molecular complexity index is 903. The smallest absolute Gasteiger partial charge is 0.241 e. The number of hydrogen-bond acceptors (Lipinski definition) is 4. The van der Waals surface area contributed by atoms with E-state index in [-0.39, 0.29) is 17.6 Å². The largest absolute Gasteiger partial charge is 0.356 e.